The highest BCUT2D eigenvalue weighted by molar-refractivity contribution is 8.26. The van der Waals surface area contributed by atoms with Crippen molar-refractivity contribution < 1.29 is 9.53 Å². The van der Waals surface area contributed by atoms with Gasteiger partial charge in [0.05, 0.1) is 4.91 Å². The molecule has 3 aromatic carbocycles. The maximum atomic E-state index is 13.1. The Balaban J connectivity index is 1.31. The summed E-state index contributed by atoms with van der Waals surface area (Å²) in [5.41, 5.74) is 2.10. The van der Waals surface area contributed by atoms with Gasteiger partial charge >= 0.3 is 0 Å². The van der Waals surface area contributed by atoms with Gasteiger partial charge in [-0.3, -0.25) is 9.69 Å². The molecule has 1 saturated carbocycles. The zero-order valence-corrected chi connectivity index (χ0v) is 19.5. The minimum atomic E-state index is 0.0500. The van der Waals surface area contributed by atoms with Gasteiger partial charge in [-0.2, -0.15) is 0 Å². The Bertz CT molecular complexity index is 1190. The fourth-order valence-corrected chi connectivity index (χ4v) is 5.96. The molecule has 1 aliphatic carbocycles. The van der Waals surface area contributed by atoms with Crippen molar-refractivity contribution in [2.75, 3.05) is 0 Å². The quantitative estimate of drug-likeness (QED) is 0.305. The molecule has 3 nitrogen and oxygen atoms in total. The van der Waals surface area contributed by atoms with E-state index < -0.39 is 0 Å². The Morgan fingerprint density at radius 2 is 1.78 bits per heavy atom. The first-order valence-corrected chi connectivity index (χ1v) is 12.4. The molecule has 1 heterocycles. The van der Waals surface area contributed by atoms with E-state index in [0.717, 1.165) is 29.7 Å². The van der Waals surface area contributed by atoms with Crippen molar-refractivity contribution in [2.24, 2.45) is 0 Å². The number of carbonyl (C=O) groups is 1. The lowest BCUT2D eigenvalue weighted by atomic mass is 9.94. The second-order valence-corrected chi connectivity index (χ2v) is 10.0. The van der Waals surface area contributed by atoms with E-state index in [1.54, 1.807) is 0 Å². The van der Waals surface area contributed by atoms with Crippen LogP contribution in [-0.2, 0) is 11.4 Å². The Hall–Kier alpha value is -2.63. The third kappa shape index (κ3) is 4.45. The molecule has 1 aliphatic heterocycles. The van der Waals surface area contributed by atoms with Gasteiger partial charge < -0.3 is 4.74 Å². The third-order valence-electron chi connectivity index (χ3n) is 6.19. The molecule has 1 amide bonds. The molecule has 0 N–H and O–H groups in total. The van der Waals surface area contributed by atoms with Gasteiger partial charge in [0.2, 0.25) is 0 Å². The predicted octanol–water partition coefficient (Wildman–Crippen LogP) is 6.95. The van der Waals surface area contributed by atoms with Gasteiger partial charge in [-0.05, 0) is 52.9 Å². The average molecular weight is 460 g/mol. The van der Waals surface area contributed by atoms with Crippen LogP contribution in [0.4, 0.5) is 0 Å². The molecular formula is C27H25NO2S2. The van der Waals surface area contributed by atoms with E-state index in [1.807, 2.05) is 41.3 Å². The summed E-state index contributed by atoms with van der Waals surface area (Å²) < 4.78 is 6.80. The lowest BCUT2D eigenvalue weighted by Gasteiger charge is -2.29. The molecular weight excluding hydrogens is 434 g/mol. The molecule has 3 aromatic rings. The maximum Gasteiger partial charge on any atom is 0.266 e. The van der Waals surface area contributed by atoms with E-state index in [-0.39, 0.29) is 11.9 Å². The van der Waals surface area contributed by atoms with Crippen LogP contribution in [-0.4, -0.2) is 21.2 Å². The normalized spacial score (nSPS) is 18.6. The van der Waals surface area contributed by atoms with Crippen molar-refractivity contribution in [1.29, 1.82) is 0 Å². The van der Waals surface area contributed by atoms with Crippen molar-refractivity contribution in [2.45, 2.75) is 44.8 Å². The first-order chi connectivity index (χ1) is 15.7. The number of carbonyl (C=O) groups excluding carboxylic acids is 1. The van der Waals surface area contributed by atoms with Crippen LogP contribution in [0.2, 0.25) is 0 Å². The van der Waals surface area contributed by atoms with Crippen LogP contribution in [0.15, 0.2) is 71.6 Å². The fraction of sp³-hybridized carbons (Fsp3) is 0.259. The first-order valence-electron chi connectivity index (χ1n) is 11.2. The Morgan fingerprint density at radius 3 is 2.66 bits per heavy atom. The summed E-state index contributed by atoms with van der Waals surface area (Å²) in [6.45, 7) is 0.495. The van der Waals surface area contributed by atoms with Gasteiger partial charge in [-0.1, -0.05) is 97.8 Å². The van der Waals surface area contributed by atoms with Crippen LogP contribution in [0.25, 0.3) is 16.8 Å². The number of hydrogen-bond acceptors (Lipinski definition) is 4. The molecule has 0 spiro atoms. The number of nitrogens with zero attached hydrogens (tertiary/aromatic N) is 1. The topological polar surface area (TPSA) is 29.5 Å². The smallest absolute Gasteiger partial charge is 0.266 e. The second kappa shape index (κ2) is 9.47. The van der Waals surface area contributed by atoms with E-state index >= 15 is 0 Å². The highest BCUT2D eigenvalue weighted by Gasteiger charge is 2.37. The monoisotopic (exact) mass is 459 g/mol. The summed E-state index contributed by atoms with van der Waals surface area (Å²) in [5.74, 6) is 0.837. The molecule has 5 heteroatoms. The predicted molar refractivity (Wildman–Crippen MR) is 137 cm³/mol. The van der Waals surface area contributed by atoms with Crippen molar-refractivity contribution in [3.63, 3.8) is 0 Å². The lowest BCUT2D eigenvalue weighted by molar-refractivity contribution is -0.124. The number of thiocarbonyl (C=S) groups is 1. The zero-order valence-electron chi connectivity index (χ0n) is 17.8. The highest BCUT2D eigenvalue weighted by Crippen LogP contribution is 2.37. The molecule has 0 aromatic heterocycles. The lowest BCUT2D eigenvalue weighted by Crippen LogP contribution is -2.39. The van der Waals surface area contributed by atoms with Crippen LogP contribution in [0.1, 0.15) is 43.2 Å². The number of benzene rings is 3. The Kier molecular flexibility index (Phi) is 6.28. The fourth-order valence-electron chi connectivity index (χ4n) is 4.56. The zero-order chi connectivity index (χ0) is 21.9. The van der Waals surface area contributed by atoms with Crippen LogP contribution in [0, 0.1) is 0 Å². The standard InChI is InChI=1S/C27H25NO2S2/c29-26-25(32-27(31)28(26)22-12-2-1-3-13-22)17-19-8-6-14-23(16-19)30-18-21-11-7-10-20-9-4-5-15-24(20)21/h4-11,14-17,22H,1-3,12-13,18H2. The summed E-state index contributed by atoms with van der Waals surface area (Å²) >= 11 is 6.97. The van der Waals surface area contributed by atoms with Crippen molar-refractivity contribution in [3.05, 3.63) is 82.8 Å². The van der Waals surface area contributed by atoms with Crippen molar-refractivity contribution in [1.82, 2.24) is 4.90 Å². The molecule has 1 saturated heterocycles. The molecule has 5 rings (SSSR count). The summed E-state index contributed by atoms with van der Waals surface area (Å²) in [7, 11) is 0. The van der Waals surface area contributed by atoms with Crippen molar-refractivity contribution >= 4 is 51.1 Å². The summed E-state index contributed by atoms with van der Waals surface area (Å²) in [4.78, 5) is 15.6. The van der Waals surface area contributed by atoms with Crippen molar-refractivity contribution in [3.8, 4) is 5.75 Å². The Morgan fingerprint density at radius 1 is 1.00 bits per heavy atom. The third-order valence-corrected chi connectivity index (χ3v) is 7.52. The van der Waals surface area contributed by atoms with Crippen LogP contribution >= 0.6 is 24.0 Å². The van der Waals surface area contributed by atoms with Gasteiger partial charge in [0.25, 0.3) is 5.91 Å². The summed E-state index contributed by atoms with van der Waals surface area (Å²) in [6, 6.07) is 22.8. The van der Waals surface area contributed by atoms with E-state index in [1.165, 1.54) is 41.8 Å². The van der Waals surface area contributed by atoms with Gasteiger partial charge in [-0.25, -0.2) is 0 Å². The number of thioether (sulfide) groups is 1. The summed E-state index contributed by atoms with van der Waals surface area (Å²) in [6.07, 6.45) is 7.65. The Labute approximate surface area is 198 Å². The molecule has 0 atom stereocenters. The number of rotatable bonds is 5. The first kappa shape index (κ1) is 21.2. The molecule has 2 aliphatic rings. The van der Waals surface area contributed by atoms with Gasteiger partial charge in [-0.15, -0.1) is 0 Å². The number of fused-ring (bicyclic) bond motifs is 1. The van der Waals surface area contributed by atoms with Gasteiger partial charge in [0.15, 0.2) is 0 Å². The molecule has 0 radical (unpaired) electrons. The van der Waals surface area contributed by atoms with Crippen LogP contribution in [0.5, 0.6) is 5.75 Å². The number of ether oxygens (including phenoxy) is 1. The van der Waals surface area contributed by atoms with Crippen LogP contribution in [0.3, 0.4) is 0 Å². The SMILES string of the molecule is O=C1C(=Cc2cccc(OCc3cccc4ccccc34)c2)SC(=S)N1C1CCCCC1. The van der Waals surface area contributed by atoms with Gasteiger partial charge in [0.1, 0.15) is 16.7 Å². The van der Waals surface area contributed by atoms with E-state index in [9.17, 15) is 4.79 Å². The number of hydrogen-bond donors (Lipinski definition) is 0. The molecule has 2 fully saturated rings. The molecule has 0 unspecified atom stereocenters. The van der Waals surface area contributed by atoms with E-state index in [4.69, 9.17) is 17.0 Å². The molecule has 32 heavy (non-hydrogen) atoms. The van der Waals surface area contributed by atoms with Gasteiger partial charge in [0, 0.05) is 6.04 Å². The minimum Gasteiger partial charge on any atom is -0.489 e. The second-order valence-electron chi connectivity index (χ2n) is 8.34. The van der Waals surface area contributed by atoms with E-state index in [0.29, 0.717) is 15.8 Å². The van der Waals surface area contributed by atoms with E-state index in [2.05, 4.69) is 36.4 Å². The molecule has 162 valence electrons. The number of amides is 1. The minimum absolute atomic E-state index is 0.0500. The molecule has 0 bridgehead atoms. The highest BCUT2D eigenvalue weighted by atomic mass is 32.2. The average Bonchev–Trinajstić information content (AvgIpc) is 3.11. The summed E-state index contributed by atoms with van der Waals surface area (Å²) in [5, 5.41) is 2.42. The van der Waals surface area contributed by atoms with Crippen LogP contribution < -0.4 is 4.74 Å². The largest absolute Gasteiger partial charge is 0.489 e. The maximum absolute atomic E-state index is 13.1.